The Morgan fingerprint density at radius 1 is 1.00 bits per heavy atom. The lowest BCUT2D eigenvalue weighted by atomic mass is 9.69. The van der Waals surface area contributed by atoms with Gasteiger partial charge in [-0.3, -0.25) is 9.69 Å². The smallest absolute Gasteiger partial charge is 0.416 e. The van der Waals surface area contributed by atoms with Gasteiger partial charge in [-0.25, -0.2) is 4.99 Å². The Morgan fingerprint density at radius 3 is 2.06 bits per heavy atom. The summed E-state index contributed by atoms with van der Waals surface area (Å²) in [6.45, 7) is 5.97. The molecule has 0 N–H and O–H groups in total. The van der Waals surface area contributed by atoms with Gasteiger partial charge in [0.05, 0.1) is 22.5 Å². The van der Waals surface area contributed by atoms with Crippen molar-refractivity contribution in [1.29, 1.82) is 0 Å². The van der Waals surface area contributed by atoms with E-state index >= 15 is 0 Å². The zero-order chi connectivity index (χ0) is 25.2. The third-order valence-corrected chi connectivity index (χ3v) is 6.07. The second kappa shape index (κ2) is 7.61. The molecule has 0 spiro atoms. The number of para-hydroxylation sites is 2. The van der Waals surface area contributed by atoms with Gasteiger partial charge in [0.2, 0.25) is 0 Å². The first-order valence-electron chi connectivity index (χ1n) is 10.4. The number of ketones is 1. The van der Waals surface area contributed by atoms with Crippen molar-refractivity contribution in [3.05, 3.63) is 70.4 Å². The van der Waals surface area contributed by atoms with E-state index < -0.39 is 40.7 Å². The maximum absolute atomic E-state index is 13.8. The SMILES string of the molecule is CC(=O)C1=C(C)N=C2Oc3ccccc3N2C1(c1cc(C(F)(F)F)cc(C(F)(F)F)c1)C(C)C. The average molecular weight is 482 g/mol. The van der Waals surface area contributed by atoms with Crippen molar-refractivity contribution in [3.8, 4) is 5.75 Å². The van der Waals surface area contributed by atoms with E-state index in [4.69, 9.17) is 4.74 Å². The molecular weight excluding hydrogens is 462 g/mol. The summed E-state index contributed by atoms with van der Waals surface area (Å²) in [5, 5.41) is 0. The number of hydrogen-bond donors (Lipinski definition) is 0. The Bertz CT molecular complexity index is 1210. The monoisotopic (exact) mass is 482 g/mol. The summed E-state index contributed by atoms with van der Waals surface area (Å²) in [6, 6.07) is 7.96. The van der Waals surface area contributed by atoms with Crippen LogP contribution in [0.1, 0.15) is 44.4 Å². The Kier molecular flexibility index (Phi) is 5.34. The topological polar surface area (TPSA) is 41.9 Å². The van der Waals surface area contributed by atoms with E-state index in [9.17, 15) is 31.1 Å². The minimum absolute atomic E-state index is 0.000924. The zero-order valence-corrected chi connectivity index (χ0v) is 18.6. The lowest BCUT2D eigenvalue weighted by Gasteiger charge is -2.48. The first-order chi connectivity index (χ1) is 15.7. The Balaban J connectivity index is 2.16. The number of amidine groups is 1. The molecule has 1 unspecified atom stereocenters. The quantitative estimate of drug-likeness (QED) is 0.457. The van der Waals surface area contributed by atoms with E-state index in [-0.39, 0.29) is 28.9 Å². The van der Waals surface area contributed by atoms with Gasteiger partial charge in [-0.2, -0.15) is 26.3 Å². The van der Waals surface area contributed by atoms with Crippen LogP contribution in [0, 0.1) is 5.92 Å². The third kappa shape index (κ3) is 3.47. The fourth-order valence-corrected chi connectivity index (χ4v) is 4.83. The van der Waals surface area contributed by atoms with Gasteiger partial charge in [0, 0.05) is 5.57 Å². The fraction of sp³-hybridized carbons (Fsp3) is 0.333. The van der Waals surface area contributed by atoms with Crippen LogP contribution < -0.4 is 9.64 Å². The second-order valence-electron chi connectivity index (χ2n) is 8.53. The van der Waals surface area contributed by atoms with Crippen LogP contribution >= 0.6 is 0 Å². The number of nitrogens with zero attached hydrogens (tertiary/aromatic N) is 2. The van der Waals surface area contributed by atoms with Crippen LogP contribution in [0.15, 0.2) is 58.7 Å². The van der Waals surface area contributed by atoms with Crippen LogP contribution in [-0.2, 0) is 22.7 Å². The van der Waals surface area contributed by atoms with Crippen molar-refractivity contribution < 1.29 is 35.9 Å². The van der Waals surface area contributed by atoms with Gasteiger partial charge in [-0.05, 0) is 55.7 Å². The first kappa shape index (κ1) is 23.8. The summed E-state index contributed by atoms with van der Waals surface area (Å²) >= 11 is 0. The van der Waals surface area contributed by atoms with Gasteiger partial charge >= 0.3 is 18.4 Å². The van der Waals surface area contributed by atoms with Crippen LogP contribution in [0.5, 0.6) is 5.75 Å². The van der Waals surface area contributed by atoms with Crippen molar-refractivity contribution in [2.45, 2.75) is 45.6 Å². The molecule has 0 aliphatic carbocycles. The predicted molar refractivity (Wildman–Crippen MR) is 113 cm³/mol. The van der Waals surface area contributed by atoms with E-state index in [0.29, 0.717) is 23.6 Å². The summed E-state index contributed by atoms with van der Waals surface area (Å²) in [5.74, 6) is -0.873. The van der Waals surface area contributed by atoms with Gasteiger partial charge in [-0.15, -0.1) is 0 Å². The summed E-state index contributed by atoms with van der Waals surface area (Å²) in [7, 11) is 0. The molecule has 180 valence electrons. The molecule has 34 heavy (non-hydrogen) atoms. The number of halogens is 6. The molecule has 0 saturated carbocycles. The normalized spacial score (nSPS) is 20.2. The van der Waals surface area contributed by atoms with Crippen LogP contribution in [-0.4, -0.2) is 11.8 Å². The Labute approximate surface area is 191 Å². The number of hydrogen-bond acceptors (Lipinski definition) is 4. The number of benzene rings is 2. The summed E-state index contributed by atoms with van der Waals surface area (Å²) in [4.78, 5) is 18.7. The molecule has 0 bridgehead atoms. The molecule has 0 saturated heterocycles. The van der Waals surface area contributed by atoms with Crippen molar-refractivity contribution >= 4 is 17.5 Å². The number of alkyl halides is 6. The van der Waals surface area contributed by atoms with Crippen LogP contribution in [0.3, 0.4) is 0 Å². The molecule has 10 heteroatoms. The average Bonchev–Trinajstić information content (AvgIpc) is 3.08. The predicted octanol–water partition coefficient (Wildman–Crippen LogP) is 6.71. The molecule has 0 amide bonds. The number of rotatable bonds is 3. The van der Waals surface area contributed by atoms with Crippen LogP contribution in [0.2, 0.25) is 0 Å². The summed E-state index contributed by atoms with van der Waals surface area (Å²) in [6.07, 6.45) is -10.1. The van der Waals surface area contributed by atoms with Gasteiger partial charge in [0.1, 0.15) is 5.54 Å². The number of Topliss-reactive ketones (excluding diaryl/α,β-unsaturated/α-hetero) is 1. The van der Waals surface area contributed by atoms with Crippen molar-refractivity contribution in [2.24, 2.45) is 10.9 Å². The number of carbonyl (C=O) groups is 1. The Morgan fingerprint density at radius 2 is 1.56 bits per heavy atom. The van der Waals surface area contributed by atoms with E-state index in [0.717, 1.165) is 0 Å². The molecule has 2 aromatic carbocycles. The largest absolute Gasteiger partial charge is 0.423 e. The highest BCUT2D eigenvalue weighted by atomic mass is 19.4. The number of ether oxygens (including phenoxy) is 1. The molecule has 2 aliphatic rings. The molecule has 0 fully saturated rings. The standard InChI is InChI=1S/C24H20F6N2O2/c1-12(2)22(15-9-16(23(25,26)27)11-17(10-15)24(28,29)30)20(14(4)33)13(3)31-21-32(22)18-7-5-6-8-19(18)34-21/h5-12H,1-4H3. The lowest BCUT2D eigenvalue weighted by molar-refractivity contribution is -0.143. The van der Waals surface area contributed by atoms with Gasteiger partial charge in [-0.1, -0.05) is 26.0 Å². The van der Waals surface area contributed by atoms with E-state index in [1.165, 1.54) is 18.7 Å². The molecule has 0 aromatic heterocycles. The first-order valence-corrected chi connectivity index (χ1v) is 10.4. The van der Waals surface area contributed by atoms with Crippen LogP contribution in [0.25, 0.3) is 0 Å². The highest BCUT2D eigenvalue weighted by Gasteiger charge is 2.56. The highest BCUT2D eigenvalue weighted by Crippen LogP contribution is 2.54. The van der Waals surface area contributed by atoms with Gasteiger partial charge < -0.3 is 4.74 Å². The second-order valence-corrected chi connectivity index (χ2v) is 8.53. The molecule has 4 nitrogen and oxygen atoms in total. The van der Waals surface area contributed by atoms with Crippen molar-refractivity contribution in [1.82, 2.24) is 0 Å². The molecule has 0 radical (unpaired) electrons. The van der Waals surface area contributed by atoms with E-state index in [1.807, 2.05) is 0 Å². The molecule has 1 atom stereocenters. The Hall–Kier alpha value is -3.30. The highest BCUT2D eigenvalue weighted by molar-refractivity contribution is 6.09. The molecular formula is C24H20F6N2O2. The van der Waals surface area contributed by atoms with Gasteiger partial charge in [0.25, 0.3) is 0 Å². The maximum atomic E-state index is 13.8. The van der Waals surface area contributed by atoms with Crippen molar-refractivity contribution in [2.75, 3.05) is 4.90 Å². The number of anilines is 1. The molecule has 2 aromatic rings. The molecule has 2 heterocycles. The lowest BCUT2D eigenvalue weighted by Crippen LogP contribution is -2.57. The fourth-order valence-electron chi connectivity index (χ4n) is 4.83. The number of fused-ring (bicyclic) bond motifs is 3. The summed E-state index contributed by atoms with van der Waals surface area (Å²) < 4.78 is 88.4. The van der Waals surface area contributed by atoms with Crippen LogP contribution in [0.4, 0.5) is 32.0 Å². The van der Waals surface area contributed by atoms with E-state index in [2.05, 4.69) is 4.99 Å². The molecule has 2 aliphatic heterocycles. The molecule has 4 rings (SSSR count). The van der Waals surface area contributed by atoms with Crippen molar-refractivity contribution in [3.63, 3.8) is 0 Å². The number of carbonyl (C=O) groups excluding carboxylic acids is 1. The zero-order valence-electron chi connectivity index (χ0n) is 18.6. The van der Waals surface area contributed by atoms with E-state index in [1.54, 1.807) is 38.1 Å². The third-order valence-electron chi connectivity index (χ3n) is 6.07. The number of allylic oxidation sites excluding steroid dienone is 1. The number of aliphatic imine (C=N–C) groups is 1. The minimum Gasteiger partial charge on any atom is -0.423 e. The van der Waals surface area contributed by atoms with Gasteiger partial charge in [0.15, 0.2) is 11.5 Å². The minimum atomic E-state index is -5.05. The summed E-state index contributed by atoms with van der Waals surface area (Å²) in [5.41, 5.74) is -4.47. The maximum Gasteiger partial charge on any atom is 0.416 e.